The molecule has 0 aliphatic carbocycles. The predicted molar refractivity (Wildman–Crippen MR) is 79.9 cm³/mol. The van der Waals surface area contributed by atoms with E-state index in [2.05, 4.69) is 15.0 Å². The van der Waals surface area contributed by atoms with E-state index in [-0.39, 0.29) is 29.8 Å². The molecule has 0 radical (unpaired) electrons. The van der Waals surface area contributed by atoms with Crippen LogP contribution in [-0.2, 0) is 14.8 Å². The first-order valence-electron chi connectivity index (χ1n) is 6.77. The summed E-state index contributed by atoms with van der Waals surface area (Å²) in [6, 6.07) is 0.00357. The Hall–Kier alpha value is -1.38. The number of rotatable bonds is 7. The van der Waals surface area contributed by atoms with Gasteiger partial charge < -0.3 is 15.0 Å². The van der Waals surface area contributed by atoms with Gasteiger partial charge in [0.1, 0.15) is 10.6 Å². The van der Waals surface area contributed by atoms with Crippen molar-refractivity contribution in [3.8, 4) is 0 Å². The van der Waals surface area contributed by atoms with E-state index in [9.17, 15) is 13.2 Å². The topological polar surface area (TPSA) is 100 Å². The Bertz CT molecular complexity index is 607. The summed E-state index contributed by atoms with van der Waals surface area (Å²) < 4.78 is 32.2. The molecule has 1 aromatic rings. The Labute approximate surface area is 125 Å². The van der Waals surface area contributed by atoms with Gasteiger partial charge in [-0.15, -0.1) is 0 Å². The van der Waals surface area contributed by atoms with E-state index in [1.165, 1.54) is 0 Å². The van der Waals surface area contributed by atoms with Gasteiger partial charge in [-0.1, -0.05) is 0 Å². The summed E-state index contributed by atoms with van der Waals surface area (Å²) in [5, 5.41) is 2.95. The van der Waals surface area contributed by atoms with E-state index >= 15 is 0 Å². The highest BCUT2D eigenvalue weighted by Crippen LogP contribution is 2.23. The summed E-state index contributed by atoms with van der Waals surface area (Å²) >= 11 is 0. The molecule has 0 aromatic carbocycles. The maximum absolute atomic E-state index is 12.4. The fourth-order valence-corrected chi connectivity index (χ4v) is 3.53. The van der Waals surface area contributed by atoms with Crippen LogP contribution in [0.25, 0.3) is 0 Å². The average Bonchev–Trinajstić information content (AvgIpc) is 2.72. The first-order valence-corrected chi connectivity index (χ1v) is 8.26. The van der Waals surface area contributed by atoms with Crippen molar-refractivity contribution in [3.63, 3.8) is 0 Å². The highest BCUT2D eigenvalue weighted by atomic mass is 32.2. The molecule has 120 valence electrons. The number of nitrogens with one attached hydrogen (secondary N) is 3. The number of likely N-dealkylation sites (N-methyl/N-ethyl adjacent to an activating group) is 1. The Morgan fingerprint density at radius 3 is 2.52 bits per heavy atom. The second kappa shape index (κ2) is 7.06. The molecule has 8 heteroatoms. The molecule has 0 spiro atoms. The normalized spacial score (nSPS) is 13.2. The fourth-order valence-electron chi connectivity index (χ4n) is 1.95. The van der Waals surface area contributed by atoms with Gasteiger partial charge in [0, 0.05) is 23.8 Å². The Kier molecular flexibility index (Phi) is 5.94. The summed E-state index contributed by atoms with van der Waals surface area (Å²) in [7, 11) is -1.93. The van der Waals surface area contributed by atoms with Gasteiger partial charge in [0.05, 0.1) is 6.61 Å². The van der Waals surface area contributed by atoms with E-state index in [0.29, 0.717) is 11.3 Å². The highest BCUT2D eigenvalue weighted by molar-refractivity contribution is 7.89. The van der Waals surface area contributed by atoms with Crippen LogP contribution in [0.3, 0.4) is 0 Å². The molecule has 1 aromatic heterocycles. The predicted octanol–water partition coefficient (Wildman–Crippen LogP) is 0.694. The minimum absolute atomic E-state index is 0.00357. The van der Waals surface area contributed by atoms with Crippen LogP contribution >= 0.6 is 0 Å². The number of hydrogen-bond donors (Lipinski definition) is 3. The van der Waals surface area contributed by atoms with E-state index in [1.807, 2.05) is 6.92 Å². The molecule has 0 amide bonds. The smallest absolute Gasteiger partial charge is 0.355 e. The second-order valence-electron chi connectivity index (χ2n) is 4.84. The van der Waals surface area contributed by atoms with Crippen LogP contribution < -0.4 is 10.0 Å². The van der Waals surface area contributed by atoms with Crippen molar-refractivity contribution in [3.05, 3.63) is 17.0 Å². The number of aryl methyl sites for hydroxylation is 1. The van der Waals surface area contributed by atoms with Crippen LogP contribution in [0.1, 0.15) is 35.6 Å². The molecule has 7 nitrogen and oxygen atoms in total. The molecule has 3 N–H and O–H groups in total. The molecule has 0 aliphatic heterocycles. The Morgan fingerprint density at radius 1 is 1.38 bits per heavy atom. The number of sulfonamides is 1. The molecule has 0 saturated heterocycles. The quantitative estimate of drug-likeness (QED) is 0.643. The van der Waals surface area contributed by atoms with Crippen LogP contribution in [0.2, 0.25) is 0 Å². The standard InChI is InChI=1S/C13H23N3O4S/c1-6-20-13(17)11-9(3)12(10(4)16-11)21(18,19)15-7-8(2)14-5/h8,14-16H,6-7H2,1-5H3. The van der Waals surface area contributed by atoms with Crippen LogP contribution in [0, 0.1) is 13.8 Å². The monoisotopic (exact) mass is 317 g/mol. The van der Waals surface area contributed by atoms with Crippen molar-refractivity contribution in [1.29, 1.82) is 0 Å². The molecular weight excluding hydrogens is 294 g/mol. The summed E-state index contributed by atoms with van der Waals surface area (Å²) in [5.41, 5.74) is 0.965. The van der Waals surface area contributed by atoms with Crippen molar-refractivity contribution >= 4 is 16.0 Å². The molecule has 0 saturated carbocycles. The third-order valence-corrected chi connectivity index (χ3v) is 4.89. The summed E-state index contributed by atoms with van der Waals surface area (Å²) in [4.78, 5) is 14.7. The Morgan fingerprint density at radius 2 is 2.00 bits per heavy atom. The number of carbonyl (C=O) groups excluding carboxylic acids is 1. The van der Waals surface area contributed by atoms with Crippen molar-refractivity contribution < 1.29 is 17.9 Å². The first-order chi connectivity index (χ1) is 9.74. The molecule has 0 fully saturated rings. The van der Waals surface area contributed by atoms with Gasteiger partial charge in [-0.3, -0.25) is 0 Å². The molecule has 0 aliphatic rings. The zero-order chi connectivity index (χ0) is 16.2. The number of H-pyrrole nitrogens is 1. The molecule has 1 rings (SSSR count). The van der Waals surface area contributed by atoms with Crippen molar-refractivity contribution in [2.75, 3.05) is 20.2 Å². The Balaban J connectivity index is 3.10. The lowest BCUT2D eigenvalue weighted by atomic mass is 10.2. The highest BCUT2D eigenvalue weighted by Gasteiger charge is 2.27. The van der Waals surface area contributed by atoms with Crippen LogP contribution in [0.15, 0.2) is 4.90 Å². The minimum atomic E-state index is -3.68. The lowest BCUT2D eigenvalue weighted by molar-refractivity contribution is 0.0519. The largest absolute Gasteiger partial charge is 0.461 e. The van der Waals surface area contributed by atoms with Crippen LogP contribution in [-0.4, -0.2) is 45.6 Å². The van der Waals surface area contributed by atoms with Gasteiger partial charge in [0.25, 0.3) is 0 Å². The summed E-state index contributed by atoms with van der Waals surface area (Å²) in [5.74, 6) is -0.553. The molecule has 21 heavy (non-hydrogen) atoms. The third-order valence-electron chi connectivity index (χ3n) is 3.19. The summed E-state index contributed by atoms with van der Waals surface area (Å²) in [6.45, 7) is 7.26. The molecule has 1 unspecified atom stereocenters. The number of aromatic nitrogens is 1. The molecule has 1 heterocycles. The fraction of sp³-hybridized carbons (Fsp3) is 0.615. The van der Waals surface area contributed by atoms with E-state index in [4.69, 9.17) is 4.74 Å². The molecule has 1 atom stereocenters. The SMILES string of the molecule is CCOC(=O)c1[nH]c(C)c(S(=O)(=O)NCC(C)NC)c1C. The number of hydrogen-bond acceptors (Lipinski definition) is 5. The van der Waals surface area contributed by atoms with Crippen molar-refractivity contribution in [1.82, 2.24) is 15.0 Å². The van der Waals surface area contributed by atoms with Crippen molar-refractivity contribution in [2.24, 2.45) is 0 Å². The van der Waals surface area contributed by atoms with Crippen molar-refractivity contribution in [2.45, 2.75) is 38.6 Å². The average molecular weight is 317 g/mol. The molecule has 0 bridgehead atoms. The minimum Gasteiger partial charge on any atom is -0.461 e. The van der Waals surface area contributed by atoms with Gasteiger partial charge in [-0.25, -0.2) is 17.9 Å². The van der Waals surface area contributed by atoms with Gasteiger partial charge in [0.15, 0.2) is 0 Å². The van der Waals surface area contributed by atoms with Gasteiger partial charge in [-0.2, -0.15) is 0 Å². The first kappa shape index (κ1) is 17.7. The van der Waals surface area contributed by atoms with E-state index < -0.39 is 16.0 Å². The zero-order valence-corrected chi connectivity index (χ0v) is 13.8. The lowest BCUT2D eigenvalue weighted by Gasteiger charge is -2.12. The summed E-state index contributed by atoms with van der Waals surface area (Å²) in [6.07, 6.45) is 0. The van der Waals surface area contributed by atoms with Gasteiger partial charge in [0.2, 0.25) is 10.0 Å². The van der Waals surface area contributed by atoms with Gasteiger partial charge in [-0.05, 0) is 34.7 Å². The number of aromatic amines is 1. The van der Waals surface area contributed by atoms with Gasteiger partial charge >= 0.3 is 5.97 Å². The number of ether oxygens (including phenoxy) is 1. The maximum Gasteiger partial charge on any atom is 0.355 e. The third kappa shape index (κ3) is 4.05. The zero-order valence-electron chi connectivity index (χ0n) is 13.0. The number of carbonyl (C=O) groups is 1. The van der Waals surface area contributed by atoms with E-state index in [0.717, 1.165) is 0 Å². The van der Waals surface area contributed by atoms with E-state index in [1.54, 1.807) is 27.8 Å². The van der Waals surface area contributed by atoms with Crippen LogP contribution in [0.4, 0.5) is 0 Å². The van der Waals surface area contributed by atoms with Crippen LogP contribution in [0.5, 0.6) is 0 Å². The number of esters is 1. The molecular formula is C13H23N3O4S. The maximum atomic E-state index is 12.4. The second-order valence-corrected chi connectivity index (χ2v) is 6.55. The lowest BCUT2D eigenvalue weighted by Crippen LogP contribution is -2.37.